The summed E-state index contributed by atoms with van der Waals surface area (Å²) in [5, 5.41) is 0. The molecule has 2 aliphatic heterocycles. The van der Waals surface area contributed by atoms with Crippen molar-refractivity contribution in [3.8, 4) is 5.75 Å². The molecule has 0 radical (unpaired) electrons. The van der Waals surface area contributed by atoms with E-state index in [4.69, 9.17) is 4.74 Å². The zero-order chi connectivity index (χ0) is 12.5. The van der Waals surface area contributed by atoms with Gasteiger partial charge in [-0.15, -0.1) is 0 Å². The first kappa shape index (κ1) is 10.6. The van der Waals surface area contributed by atoms with Crippen LogP contribution >= 0.6 is 0 Å². The molecule has 18 heavy (non-hydrogen) atoms. The second-order valence-corrected chi connectivity index (χ2v) is 3.77. The molecular weight excluding hydrogens is 230 g/mol. The highest BCUT2D eigenvalue weighted by Gasteiger charge is 2.24. The molecule has 1 aromatic rings. The third-order valence-electron chi connectivity index (χ3n) is 2.66. The van der Waals surface area contributed by atoms with Gasteiger partial charge in [0.2, 0.25) is 0 Å². The molecule has 2 aliphatic rings. The highest BCUT2D eigenvalue weighted by Crippen LogP contribution is 2.19. The summed E-state index contributed by atoms with van der Waals surface area (Å²) >= 11 is 0. The van der Waals surface area contributed by atoms with E-state index in [0.717, 1.165) is 5.56 Å². The van der Waals surface area contributed by atoms with E-state index in [2.05, 4.69) is 15.0 Å². The maximum absolute atomic E-state index is 11.8. The normalized spacial score (nSPS) is 16.9. The third kappa shape index (κ3) is 1.66. The summed E-state index contributed by atoms with van der Waals surface area (Å²) in [7, 11) is 1.58. The monoisotopic (exact) mass is 239 g/mol. The van der Waals surface area contributed by atoms with Gasteiger partial charge in [0.25, 0.3) is 5.91 Å². The predicted molar refractivity (Wildman–Crippen MR) is 68.5 cm³/mol. The molecule has 88 valence electrons. The number of amides is 1. The standard InChI is InChI=1S/C13H9N3O2/c1-18-9-4-2-3-8(7-9)11-15-12-10(5-6-14-12)13(17)16-11/h2-7H,1H3. The maximum Gasteiger partial charge on any atom is 0.282 e. The number of carbonyl (C=O) groups is 1. The van der Waals surface area contributed by atoms with E-state index in [1.165, 1.54) is 0 Å². The molecule has 0 saturated carbocycles. The number of hydrogen-bond acceptors (Lipinski definition) is 4. The minimum atomic E-state index is -0.310. The van der Waals surface area contributed by atoms with Crippen molar-refractivity contribution in [1.82, 2.24) is 0 Å². The summed E-state index contributed by atoms with van der Waals surface area (Å²) in [4.78, 5) is 24.0. The smallest absolute Gasteiger partial charge is 0.282 e. The van der Waals surface area contributed by atoms with Crippen molar-refractivity contribution < 1.29 is 9.53 Å². The molecule has 0 unspecified atom stereocenters. The molecule has 1 aromatic carbocycles. The first-order valence-corrected chi connectivity index (χ1v) is 5.39. The third-order valence-corrected chi connectivity index (χ3v) is 2.66. The molecule has 5 heteroatoms. The van der Waals surface area contributed by atoms with Gasteiger partial charge < -0.3 is 4.74 Å². The first-order valence-electron chi connectivity index (χ1n) is 5.39. The van der Waals surface area contributed by atoms with Gasteiger partial charge >= 0.3 is 0 Å². The van der Waals surface area contributed by atoms with Crippen LogP contribution < -0.4 is 4.74 Å². The van der Waals surface area contributed by atoms with E-state index in [-0.39, 0.29) is 5.91 Å². The summed E-state index contributed by atoms with van der Waals surface area (Å²) in [6.45, 7) is 0. The molecule has 0 aromatic heterocycles. The van der Waals surface area contributed by atoms with Gasteiger partial charge in [-0.05, 0) is 18.2 Å². The lowest BCUT2D eigenvalue weighted by Gasteiger charge is -2.09. The SMILES string of the molecule is COc1cccc(C2=NC(=O)C3=CC=NC3=N2)c1. The Bertz CT molecular complexity index is 654. The number of fused-ring (bicyclic) bond motifs is 1. The van der Waals surface area contributed by atoms with Crippen LogP contribution in [0.3, 0.4) is 0 Å². The van der Waals surface area contributed by atoms with Crippen molar-refractivity contribution in [2.75, 3.05) is 7.11 Å². The largest absolute Gasteiger partial charge is 0.497 e. The van der Waals surface area contributed by atoms with Crippen LogP contribution in [0.4, 0.5) is 0 Å². The Morgan fingerprint density at radius 1 is 1.17 bits per heavy atom. The fourth-order valence-electron chi connectivity index (χ4n) is 1.76. The van der Waals surface area contributed by atoms with Gasteiger partial charge in [-0.1, -0.05) is 12.1 Å². The molecule has 0 spiro atoms. The lowest BCUT2D eigenvalue weighted by atomic mass is 10.1. The summed E-state index contributed by atoms with van der Waals surface area (Å²) in [6.07, 6.45) is 3.17. The lowest BCUT2D eigenvalue weighted by molar-refractivity contribution is -0.113. The van der Waals surface area contributed by atoms with Crippen LogP contribution in [-0.2, 0) is 4.79 Å². The minimum absolute atomic E-state index is 0.310. The molecule has 1 amide bonds. The van der Waals surface area contributed by atoms with Crippen molar-refractivity contribution in [1.29, 1.82) is 0 Å². The van der Waals surface area contributed by atoms with Crippen molar-refractivity contribution in [2.24, 2.45) is 15.0 Å². The molecule has 5 nitrogen and oxygen atoms in total. The first-order chi connectivity index (χ1) is 8.78. The van der Waals surface area contributed by atoms with Crippen molar-refractivity contribution in [3.63, 3.8) is 0 Å². The number of allylic oxidation sites excluding steroid dienone is 1. The molecule has 0 atom stereocenters. The molecule has 3 rings (SSSR count). The predicted octanol–water partition coefficient (Wildman–Crippen LogP) is 1.39. The summed E-state index contributed by atoms with van der Waals surface area (Å²) < 4.78 is 5.13. The van der Waals surface area contributed by atoms with Crippen molar-refractivity contribution in [3.05, 3.63) is 41.5 Å². The topological polar surface area (TPSA) is 63.4 Å². The van der Waals surface area contributed by atoms with Gasteiger partial charge in [-0.2, -0.15) is 4.99 Å². The lowest BCUT2D eigenvalue weighted by Crippen LogP contribution is -2.17. The number of aliphatic imine (C=N–C) groups is 3. The number of amidine groups is 2. The molecule has 0 fully saturated rings. The summed E-state index contributed by atoms with van der Waals surface area (Å²) in [5.41, 5.74) is 1.18. The van der Waals surface area contributed by atoms with Crippen LogP contribution in [0, 0.1) is 0 Å². The zero-order valence-electron chi connectivity index (χ0n) is 9.62. The molecule has 0 saturated heterocycles. The Hall–Kier alpha value is -2.56. The van der Waals surface area contributed by atoms with Crippen molar-refractivity contribution in [2.45, 2.75) is 0 Å². The van der Waals surface area contributed by atoms with Gasteiger partial charge in [0, 0.05) is 11.8 Å². The number of rotatable bonds is 2. The maximum atomic E-state index is 11.8. The van der Waals surface area contributed by atoms with E-state index in [0.29, 0.717) is 23.0 Å². The Morgan fingerprint density at radius 3 is 2.89 bits per heavy atom. The number of methoxy groups -OCH3 is 1. The number of hydrogen-bond donors (Lipinski definition) is 0. The van der Waals surface area contributed by atoms with E-state index >= 15 is 0 Å². The fraction of sp³-hybridized carbons (Fsp3) is 0.0769. The molecule has 0 aliphatic carbocycles. The quantitative estimate of drug-likeness (QED) is 0.782. The van der Waals surface area contributed by atoms with Crippen LogP contribution in [0.1, 0.15) is 5.56 Å². The number of ether oxygens (including phenoxy) is 1. The number of carbonyl (C=O) groups excluding carboxylic acids is 1. The second-order valence-electron chi connectivity index (χ2n) is 3.77. The molecule has 0 bridgehead atoms. The van der Waals surface area contributed by atoms with E-state index in [9.17, 15) is 4.79 Å². The summed E-state index contributed by atoms with van der Waals surface area (Å²) in [6, 6.07) is 7.25. The molecule has 0 N–H and O–H groups in total. The Balaban J connectivity index is 2.05. The molecular formula is C13H9N3O2. The minimum Gasteiger partial charge on any atom is -0.497 e. The van der Waals surface area contributed by atoms with Crippen LogP contribution in [0.15, 0.2) is 50.9 Å². The van der Waals surface area contributed by atoms with E-state index in [1.54, 1.807) is 25.5 Å². The van der Waals surface area contributed by atoms with E-state index in [1.807, 2.05) is 18.2 Å². The van der Waals surface area contributed by atoms with Crippen molar-refractivity contribution >= 4 is 23.8 Å². The summed E-state index contributed by atoms with van der Waals surface area (Å²) in [5.74, 6) is 1.17. The Kier molecular flexibility index (Phi) is 2.37. The Labute approximate surface area is 103 Å². The van der Waals surface area contributed by atoms with Gasteiger partial charge in [0.1, 0.15) is 5.75 Å². The zero-order valence-corrected chi connectivity index (χ0v) is 9.62. The van der Waals surface area contributed by atoms with Crippen LogP contribution in [0.2, 0.25) is 0 Å². The average molecular weight is 239 g/mol. The Morgan fingerprint density at radius 2 is 2.06 bits per heavy atom. The second kappa shape index (κ2) is 4.03. The van der Waals surface area contributed by atoms with Crippen LogP contribution in [-0.4, -0.2) is 30.9 Å². The van der Waals surface area contributed by atoms with Gasteiger partial charge in [0.15, 0.2) is 11.7 Å². The van der Waals surface area contributed by atoms with Gasteiger partial charge in [-0.25, -0.2) is 9.98 Å². The van der Waals surface area contributed by atoms with Gasteiger partial charge in [0.05, 0.1) is 12.7 Å². The van der Waals surface area contributed by atoms with Gasteiger partial charge in [-0.3, -0.25) is 4.79 Å². The van der Waals surface area contributed by atoms with E-state index < -0.39 is 0 Å². The molecule has 2 heterocycles. The average Bonchev–Trinajstić information content (AvgIpc) is 2.87. The highest BCUT2D eigenvalue weighted by atomic mass is 16.5. The van der Waals surface area contributed by atoms with Crippen LogP contribution in [0.5, 0.6) is 5.75 Å². The highest BCUT2D eigenvalue weighted by molar-refractivity contribution is 6.34. The number of benzene rings is 1. The fourth-order valence-corrected chi connectivity index (χ4v) is 1.76. The number of nitrogens with zero attached hydrogens (tertiary/aromatic N) is 3. The van der Waals surface area contributed by atoms with Crippen LogP contribution in [0.25, 0.3) is 0 Å².